The van der Waals surface area contributed by atoms with E-state index in [0.29, 0.717) is 17.6 Å². The van der Waals surface area contributed by atoms with Gasteiger partial charge in [0.15, 0.2) is 0 Å². The van der Waals surface area contributed by atoms with Crippen molar-refractivity contribution in [3.05, 3.63) is 50.3 Å². The maximum atomic E-state index is 12.0. The Morgan fingerprint density at radius 1 is 1.50 bits per heavy atom. The lowest BCUT2D eigenvalue weighted by Gasteiger charge is -2.02. The van der Waals surface area contributed by atoms with Gasteiger partial charge < -0.3 is 10.1 Å². The summed E-state index contributed by atoms with van der Waals surface area (Å²) in [5.41, 5.74) is 3.33. The fourth-order valence-corrected chi connectivity index (χ4v) is 2.90. The highest BCUT2D eigenvalue weighted by Crippen LogP contribution is 2.19. The molecule has 2 N–H and O–H groups in total. The van der Waals surface area contributed by atoms with Crippen LogP contribution < -0.4 is 5.69 Å². The normalized spacial score (nSPS) is 11.1. The predicted octanol–water partition coefficient (Wildman–Crippen LogP) is 1.84. The molecule has 0 atom stereocenters. The fraction of sp³-hybridized carbons (Fsp3) is 0.154. The summed E-state index contributed by atoms with van der Waals surface area (Å²) in [5.74, 6) is -1.06. The van der Waals surface area contributed by atoms with Gasteiger partial charge in [0.2, 0.25) is 0 Å². The highest BCUT2D eigenvalue weighted by atomic mass is 32.1. The van der Waals surface area contributed by atoms with Crippen molar-refractivity contribution < 1.29 is 9.90 Å². The minimum Gasteiger partial charge on any atom is -0.478 e. The molecule has 0 saturated heterocycles. The molecule has 3 rings (SSSR count). The van der Waals surface area contributed by atoms with Crippen LogP contribution in [0.3, 0.4) is 0 Å². The van der Waals surface area contributed by atoms with Crippen LogP contribution in [0, 0.1) is 6.92 Å². The van der Waals surface area contributed by atoms with Gasteiger partial charge in [-0.2, -0.15) is 0 Å². The number of thiazole rings is 1. The maximum absolute atomic E-state index is 12.0. The fourth-order valence-electron chi connectivity index (χ4n) is 2.14. The first-order valence-corrected chi connectivity index (χ1v) is 6.79. The van der Waals surface area contributed by atoms with Gasteiger partial charge in [-0.15, -0.1) is 11.3 Å². The van der Waals surface area contributed by atoms with Gasteiger partial charge in [0.05, 0.1) is 34.3 Å². The van der Waals surface area contributed by atoms with E-state index in [1.54, 1.807) is 17.6 Å². The predicted molar refractivity (Wildman–Crippen MR) is 75.5 cm³/mol. The summed E-state index contributed by atoms with van der Waals surface area (Å²) in [6.07, 6.45) is 0. The molecular formula is C13H11N3O3S. The summed E-state index contributed by atoms with van der Waals surface area (Å²) in [4.78, 5) is 31.0. The molecule has 0 spiro atoms. The highest BCUT2D eigenvalue weighted by Gasteiger charge is 2.15. The van der Waals surface area contributed by atoms with Gasteiger partial charge >= 0.3 is 11.7 Å². The molecule has 0 radical (unpaired) electrons. The van der Waals surface area contributed by atoms with Crippen molar-refractivity contribution in [3.8, 4) is 0 Å². The van der Waals surface area contributed by atoms with E-state index in [0.717, 1.165) is 10.6 Å². The number of carbonyl (C=O) groups is 1. The monoisotopic (exact) mass is 289 g/mol. The number of carboxylic acid groups (broad SMARTS) is 1. The summed E-state index contributed by atoms with van der Waals surface area (Å²) >= 11 is 1.47. The number of nitrogens with one attached hydrogen (secondary N) is 1. The van der Waals surface area contributed by atoms with Gasteiger partial charge in [-0.1, -0.05) is 6.07 Å². The van der Waals surface area contributed by atoms with Gasteiger partial charge in [-0.05, 0) is 19.1 Å². The summed E-state index contributed by atoms with van der Waals surface area (Å²) in [7, 11) is 0. The zero-order valence-corrected chi connectivity index (χ0v) is 11.4. The number of H-pyrrole nitrogens is 1. The van der Waals surface area contributed by atoms with Crippen LogP contribution in [-0.2, 0) is 6.54 Å². The number of fused-ring (bicyclic) bond motifs is 1. The van der Waals surface area contributed by atoms with Crippen LogP contribution in [-0.4, -0.2) is 25.6 Å². The summed E-state index contributed by atoms with van der Waals surface area (Å²) in [6, 6.07) is 4.84. The number of hydrogen-bond donors (Lipinski definition) is 2. The molecule has 0 bridgehead atoms. The second-order valence-electron chi connectivity index (χ2n) is 4.38. The number of imidazole rings is 1. The van der Waals surface area contributed by atoms with Crippen LogP contribution in [0.25, 0.3) is 11.0 Å². The number of aryl methyl sites for hydroxylation is 1. The van der Waals surface area contributed by atoms with Crippen LogP contribution in [0.15, 0.2) is 28.5 Å². The molecule has 0 aliphatic heterocycles. The molecule has 0 aliphatic rings. The lowest BCUT2D eigenvalue weighted by atomic mass is 10.2. The Hall–Kier alpha value is -2.41. The number of aromatic amines is 1. The average Bonchev–Trinajstić information content (AvgIpc) is 2.94. The van der Waals surface area contributed by atoms with E-state index in [1.807, 2.05) is 6.92 Å². The van der Waals surface area contributed by atoms with Crippen LogP contribution in [0.1, 0.15) is 20.9 Å². The Bertz CT molecular complexity index is 859. The average molecular weight is 289 g/mol. The molecule has 0 aliphatic carbocycles. The minimum absolute atomic E-state index is 0.0966. The Balaban J connectivity index is 2.19. The summed E-state index contributed by atoms with van der Waals surface area (Å²) in [5, 5.41) is 9.14. The van der Waals surface area contributed by atoms with Crippen LogP contribution in [0.2, 0.25) is 0 Å². The van der Waals surface area contributed by atoms with E-state index < -0.39 is 5.97 Å². The topological polar surface area (TPSA) is 88.0 Å². The number of para-hydroxylation sites is 1. The Labute approximate surface area is 117 Å². The van der Waals surface area contributed by atoms with Crippen LogP contribution in [0.4, 0.5) is 0 Å². The lowest BCUT2D eigenvalue weighted by Crippen LogP contribution is -2.17. The molecule has 102 valence electrons. The van der Waals surface area contributed by atoms with E-state index in [9.17, 15) is 9.59 Å². The van der Waals surface area contributed by atoms with Crippen LogP contribution >= 0.6 is 11.3 Å². The van der Waals surface area contributed by atoms with Crippen molar-refractivity contribution in [2.24, 2.45) is 0 Å². The third-order valence-corrected chi connectivity index (χ3v) is 4.11. The van der Waals surface area contributed by atoms with Crippen molar-refractivity contribution in [2.45, 2.75) is 13.5 Å². The third kappa shape index (κ3) is 1.92. The van der Waals surface area contributed by atoms with Crippen LogP contribution in [0.5, 0.6) is 0 Å². The minimum atomic E-state index is -1.06. The van der Waals surface area contributed by atoms with Crippen molar-refractivity contribution >= 4 is 28.3 Å². The standard InChI is InChI=1S/C13H11N3O3S/c1-7-10(20-6-14-7)5-16-9-4-2-3-8(12(17)18)11(9)15-13(16)19/h2-4,6H,5H2,1H3,(H,15,19)(H,17,18). The molecule has 2 heterocycles. The van der Waals surface area contributed by atoms with Crippen molar-refractivity contribution in [2.75, 3.05) is 0 Å². The van der Waals surface area contributed by atoms with Crippen molar-refractivity contribution in [1.82, 2.24) is 14.5 Å². The first kappa shape index (κ1) is 12.6. The number of aromatic carboxylic acids is 1. The molecule has 20 heavy (non-hydrogen) atoms. The smallest absolute Gasteiger partial charge is 0.337 e. The SMILES string of the molecule is Cc1ncsc1Cn1c(=O)[nH]c2c(C(=O)O)cccc21. The van der Waals surface area contributed by atoms with E-state index in [-0.39, 0.29) is 11.3 Å². The van der Waals surface area contributed by atoms with E-state index in [4.69, 9.17) is 5.11 Å². The second kappa shape index (κ2) is 4.61. The van der Waals surface area contributed by atoms with Crippen molar-refractivity contribution in [3.63, 3.8) is 0 Å². The van der Waals surface area contributed by atoms with Gasteiger partial charge in [0, 0.05) is 4.88 Å². The molecular weight excluding hydrogens is 278 g/mol. The van der Waals surface area contributed by atoms with Crippen molar-refractivity contribution in [1.29, 1.82) is 0 Å². The Morgan fingerprint density at radius 3 is 2.95 bits per heavy atom. The number of rotatable bonds is 3. The zero-order chi connectivity index (χ0) is 14.3. The molecule has 7 heteroatoms. The molecule has 0 amide bonds. The first-order valence-electron chi connectivity index (χ1n) is 5.91. The number of carboxylic acids is 1. The molecule has 3 aromatic rings. The highest BCUT2D eigenvalue weighted by molar-refractivity contribution is 7.09. The molecule has 0 unspecified atom stereocenters. The largest absolute Gasteiger partial charge is 0.478 e. The lowest BCUT2D eigenvalue weighted by molar-refractivity contribution is 0.0699. The van der Waals surface area contributed by atoms with Gasteiger partial charge in [-0.25, -0.2) is 14.6 Å². The number of hydrogen-bond acceptors (Lipinski definition) is 4. The Morgan fingerprint density at radius 2 is 2.30 bits per heavy atom. The first-order chi connectivity index (χ1) is 9.58. The quantitative estimate of drug-likeness (QED) is 0.770. The van der Waals surface area contributed by atoms with Gasteiger partial charge in [0.1, 0.15) is 0 Å². The Kier molecular flexibility index (Phi) is 2.90. The third-order valence-electron chi connectivity index (χ3n) is 3.19. The summed E-state index contributed by atoms with van der Waals surface area (Å²) < 4.78 is 1.53. The van der Waals surface area contributed by atoms with Gasteiger partial charge in [0.25, 0.3) is 0 Å². The zero-order valence-electron chi connectivity index (χ0n) is 10.6. The van der Waals surface area contributed by atoms with E-state index >= 15 is 0 Å². The molecule has 1 aromatic carbocycles. The summed E-state index contributed by atoms with van der Waals surface area (Å²) in [6.45, 7) is 2.27. The number of benzene rings is 1. The van der Waals surface area contributed by atoms with E-state index in [1.165, 1.54) is 22.0 Å². The van der Waals surface area contributed by atoms with E-state index in [2.05, 4.69) is 9.97 Å². The molecule has 2 aromatic heterocycles. The number of nitrogens with zero attached hydrogens (tertiary/aromatic N) is 2. The molecule has 0 saturated carbocycles. The van der Waals surface area contributed by atoms with Gasteiger partial charge in [-0.3, -0.25) is 4.57 Å². The second-order valence-corrected chi connectivity index (χ2v) is 5.32. The maximum Gasteiger partial charge on any atom is 0.337 e. The number of aromatic nitrogens is 3. The molecule has 6 nitrogen and oxygen atoms in total. The molecule has 0 fully saturated rings.